The van der Waals surface area contributed by atoms with Crippen LogP contribution >= 0.6 is 0 Å². The average Bonchev–Trinajstić information content (AvgIpc) is 3.77. The fourth-order valence-electron chi connectivity index (χ4n) is 6.73. The lowest BCUT2D eigenvalue weighted by molar-refractivity contribution is -0.0432. The highest BCUT2D eigenvalue weighted by molar-refractivity contribution is 5.73. The van der Waals surface area contributed by atoms with Gasteiger partial charge in [0.15, 0.2) is 22.3 Å². The van der Waals surface area contributed by atoms with Gasteiger partial charge in [-0.15, -0.1) is 0 Å². The van der Waals surface area contributed by atoms with Crippen LogP contribution in [0.25, 0.3) is 22.3 Å². The number of rotatable bonds is 5. The van der Waals surface area contributed by atoms with Crippen LogP contribution in [-0.2, 0) is 9.47 Å². The van der Waals surface area contributed by atoms with E-state index in [2.05, 4.69) is 20.3 Å². The number of fused-ring (bicyclic) bond motifs is 6. The summed E-state index contributed by atoms with van der Waals surface area (Å²) < 4.78 is 16.2. The first-order valence-corrected chi connectivity index (χ1v) is 14.3. The van der Waals surface area contributed by atoms with Crippen molar-refractivity contribution in [3.05, 3.63) is 33.4 Å². The highest BCUT2D eigenvalue weighted by atomic mass is 16.5. The number of imidazole rings is 2. The number of aliphatic hydroxyl groups is 4. The Balaban J connectivity index is 1.19. The van der Waals surface area contributed by atoms with E-state index in [0.717, 1.165) is 6.42 Å². The van der Waals surface area contributed by atoms with Crippen molar-refractivity contribution >= 4 is 34.2 Å². The van der Waals surface area contributed by atoms with Crippen LogP contribution in [0.3, 0.4) is 0 Å². The number of piperidine rings is 1. The van der Waals surface area contributed by atoms with Crippen molar-refractivity contribution in [2.45, 2.75) is 81.3 Å². The minimum atomic E-state index is -0.878. The maximum absolute atomic E-state index is 13.9. The number of aromatic nitrogens is 8. The molecule has 0 amide bonds. The maximum atomic E-state index is 13.9. The molecule has 4 aliphatic heterocycles. The van der Waals surface area contributed by atoms with Gasteiger partial charge in [-0.3, -0.25) is 28.3 Å². The third-order valence-corrected chi connectivity index (χ3v) is 8.87. The zero-order chi connectivity index (χ0) is 29.6. The van der Waals surface area contributed by atoms with Gasteiger partial charge < -0.3 is 40.1 Å². The molecule has 0 aliphatic carbocycles. The van der Waals surface area contributed by atoms with Crippen LogP contribution in [0.1, 0.15) is 50.7 Å². The summed E-state index contributed by atoms with van der Waals surface area (Å²) in [5, 5.41) is 42.8. The molecule has 8 rings (SSSR count). The molecule has 2 bridgehead atoms. The predicted molar refractivity (Wildman–Crippen MR) is 146 cm³/mol. The number of H-pyrrole nitrogens is 1. The van der Waals surface area contributed by atoms with Crippen molar-refractivity contribution in [2.24, 2.45) is 0 Å². The van der Waals surface area contributed by atoms with Crippen molar-refractivity contribution in [1.29, 1.82) is 0 Å². The maximum Gasteiger partial charge on any atom is 0.284 e. The second-order valence-corrected chi connectivity index (χ2v) is 11.4. The number of ether oxygens (including phenoxy) is 2. The highest BCUT2D eigenvalue weighted by Crippen LogP contribution is 2.39. The van der Waals surface area contributed by atoms with E-state index >= 15 is 0 Å². The molecule has 8 heterocycles. The summed E-state index contributed by atoms with van der Waals surface area (Å²) in [4.78, 5) is 49.8. The van der Waals surface area contributed by atoms with Crippen LogP contribution in [0, 0.1) is 0 Å². The van der Waals surface area contributed by atoms with Crippen LogP contribution in [0.15, 0.2) is 22.2 Å². The topological polar surface area (TPSA) is 231 Å². The van der Waals surface area contributed by atoms with Gasteiger partial charge in [-0.05, 0) is 19.3 Å². The number of hydrogen-bond acceptors (Lipinski definition) is 14. The third kappa shape index (κ3) is 3.94. The second kappa shape index (κ2) is 9.79. The second-order valence-electron chi connectivity index (χ2n) is 11.4. The molecule has 0 spiro atoms. The molecule has 0 saturated carbocycles. The number of aromatic amines is 1. The van der Waals surface area contributed by atoms with Gasteiger partial charge in [0.2, 0.25) is 11.9 Å². The minimum absolute atomic E-state index is 0.0959. The Bertz CT molecular complexity index is 1830. The van der Waals surface area contributed by atoms with Gasteiger partial charge in [0.1, 0.15) is 37.0 Å². The number of nitrogens with zero attached hydrogens (tertiary/aromatic N) is 8. The van der Waals surface area contributed by atoms with Gasteiger partial charge in [-0.1, -0.05) is 0 Å². The van der Waals surface area contributed by atoms with Crippen molar-refractivity contribution in [3.63, 3.8) is 0 Å². The molecule has 228 valence electrons. The van der Waals surface area contributed by atoms with E-state index in [4.69, 9.17) is 19.4 Å². The summed E-state index contributed by atoms with van der Waals surface area (Å²) in [6.45, 7) is -0.684. The Morgan fingerprint density at radius 2 is 1.51 bits per heavy atom. The molecular formula is C25H30N10O8. The zero-order valence-electron chi connectivity index (χ0n) is 22.7. The molecule has 3 saturated heterocycles. The molecule has 4 aromatic rings. The molecule has 6 N–H and O–H groups in total. The first-order valence-electron chi connectivity index (χ1n) is 14.3. The Hall–Kier alpha value is -3.94. The fraction of sp³-hybridized carbons (Fsp3) is 0.600. The molecule has 18 heteroatoms. The standard InChI is InChI=1S/C25H30N10O8/c36-6-12-10(38)4-16(42-12)32-8-26-18-20(32)29-25(31-22(18)40)34-14-2-1-3-15(34)35-23(41)19-21(30-24(35)28-14)33(9-27-19)17-5-11(39)13(7-37)43-17/h8-17,36-39H,1-7H2,(H,28,30)(H,29,31,40)/t10-,11-,12+,13+,14?,15?,16+,17+/m0/s1. The SMILES string of the molecule is O=c1[nH]c(N2C3CCCC2n2c(nc4c(ncn4[C@H]4C[C@H](O)[C@@H](CO)O4)c2=O)N3)nc2c1ncn2[C@H]1C[C@H](O)[C@@H](CO)O1. The van der Waals surface area contributed by atoms with Crippen molar-refractivity contribution < 1.29 is 29.9 Å². The molecular weight excluding hydrogens is 568 g/mol. The number of nitrogens with one attached hydrogen (secondary N) is 2. The van der Waals surface area contributed by atoms with Crippen molar-refractivity contribution in [1.82, 2.24) is 38.6 Å². The van der Waals surface area contributed by atoms with E-state index in [9.17, 15) is 30.0 Å². The molecule has 43 heavy (non-hydrogen) atoms. The smallest absolute Gasteiger partial charge is 0.284 e. The van der Waals surface area contributed by atoms with Gasteiger partial charge in [0, 0.05) is 12.8 Å². The monoisotopic (exact) mass is 598 g/mol. The summed E-state index contributed by atoms with van der Waals surface area (Å²) in [7, 11) is 0. The lowest BCUT2D eigenvalue weighted by Gasteiger charge is -2.47. The number of aliphatic hydroxyl groups excluding tert-OH is 4. The fourth-order valence-corrected chi connectivity index (χ4v) is 6.73. The summed E-state index contributed by atoms with van der Waals surface area (Å²) in [5.74, 6) is 0.560. The largest absolute Gasteiger partial charge is 0.394 e. The third-order valence-electron chi connectivity index (χ3n) is 8.87. The molecule has 8 atom stereocenters. The zero-order valence-corrected chi connectivity index (χ0v) is 22.7. The van der Waals surface area contributed by atoms with Gasteiger partial charge in [0.25, 0.3) is 11.1 Å². The lowest BCUT2D eigenvalue weighted by Crippen LogP contribution is -2.56. The van der Waals surface area contributed by atoms with Crippen LogP contribution in [-0.4, -0.2) is 103 Å². The van der Waals surface area contributed by atoms with Crippen LogP contribution in [0.4, 0.5) is 11.9 Å². The van der Waals surface area contributed by atoms with Crippen LogP contribution < -0.4 is 21.3 Å². The van der Waals surface area contributed by atoms with E-state index in [1.54, 1.807) is 9.13 Å². The molecule has 4 aromatic heterocycles. The number of anilines is 2. The molecule has 0 aromatic carbocycles. The van der Waals surface area contributed by atoms with Gasteiger partial charge >= 0.3 is 0 Å². The molecule has 3 fully saturated rings. The number of hydrogen-bond donors (Lipinski definition) is 6. The predicted octanol–water partition coefficient (Wildman–Crippen LogP) is -1.75. The quantitative estimate of drug-likeness (QED) is 0.150. The van der Waals surface area contributed by atoms with Crippen molar-refractivity contribution in [3.8, 4) is 0 Å². The van der Waals surface area contributed by atoms with E-state index < -0.39 is 54.2 Å². The van der Waals surface area contributed by atoms with Crippen LogP contribution in [0.2, 0.25) is 0 Å². The Labute approximate surface area is 241 Å². The van der Waals surface area contributed by atoms with Gasteiger partial charge in [-0.2, -0.15) is 9.97 Å². The first kappa shape index (κ1) is 26.7. The lowest BCUT2D eigenvalue weighted by atomic mass is 10.0. The minimum Gasteiger partial charge on any atom is -0.394 e. The Kier molecular flexibility index (Phi) is 6.07. The summed E-state index contributed by atoms with van der Waals surface area (Å²) >= 11 is 0. The van der Waals surface area contributed by atoms with Gasteiger partial charge in [-0.25, -0.2) is 9.97 Å². The normalized spacial score (nSPS) is 32.0. The van der Waals surface area contributed by atoms with E-state index in [0.29, 0.717) is 24.4 Å². The molecule has 2 unspecified atom stereocenters. The molecule has 0 radical (unpaired) electrons. The first-order chi connectivity index (χ1) is 20.9. The van der Waals surface area contributed by atoms with Gasteiger partial charge in [0.05, 0.1) is 38.1 Å². The van der Waals surface area contributed by atoms with E-state index in [1.165, 1.54) is 17.2 Å². The Morgan fingerprint density at radius 3 is 2.14 bits per heavy atom. The average molecular weight is 599 g/mol. The van der Waals surface area contributed by atoms with E-state index in [1.807, 2.05) is 4.90 Å². The highest BCUT2D eigenvalue weighted by Gasteiger charge is 2.42. The van der Waals surface area contributed by atoms with Crippen molar-refractivity contribution in [2.75, 3.05) is 23.4 Å². The summed E-state index contributed by atoms with van der Waals surface area (Å²) in [6, 6.07) is 0. The summed E-state index contributed by atoms with van der Waals surface area (Å²) in [5.41, 5.74) is -0.111. The van der Waals surface area contributed by atoms with E-state index in [-0.39, 0.29) is 54.9 Å². The summed E-state index contributed by atoms with van der Waals surface area (Å²) in [6.07, 6.45) is -0.107. The molecule has 4 aliphatic rings. The van der Waals surface area contributed by atoms with Crippen LogP contribution in [0.5, 0.6) is 0 Å². The molecule has 18 nitrogen and oxygen atoms in total. The Morgan fingerprint density at radius 1 is 0.884 bits per heavy atom.